The van der Waals surface area contributed by atoms with Crippen molar-refractivity contribution in [3.05, 3.63) is 40.9 Å². The van der Waals surface area contributed by atoms with Crippen LogP contribution in [0.2, 0.25) is 0 Å². The van der Waals surface area contributed by atoms with E-state index in [9.17, 15) is 4.79 Å². The highest BCUT2D eigenvalue weighted by molar-refractivity contribution is 7.13. The zero-order valence-electron chi connectivity index (χ0n) is 10.4. The molecule has 2 N–H and O–H groups in total. The van der Waals surface area contributed by atoms with Gasteiger partial charge in [0.1, 0.15) is 0 Å². The molecule has 0 bridgehead atoms. The van der Waals surface area contributed by atoms with Gasteiger partial charge in [-0.15, -0.1) is 11.3 Å². The van der Waals surface area contributed by atoms with Crippen molar-refractivity contribution in [1.82, 2.24) is 4.98 Å². The maximum atomic E-state index is 12.1. The number of carbonyl (C=O) groups is 1. The van der Waals surface area contributed by atoms with E-state index in [1.54, 1.807) is 6.07 Å². The largest absolute Gasteiger partial charge is 0.385 e. The van der Waals surface area contributed by atoms with Crippen LogP contribution in [-0.4, -0.2) is 17.4 Å². The molecule has 0 radical (unpaired) electrons. The second-order valence-electron chi connectivity index (χ2n) is 3.82. The molecule has 18 heavy (non-hydrogen) atoms. The standard InChI is InChI=1S/C13H15N3OS/c1-3-14-11-7-5-4-6-10(11)12(17)16-13-15-9(2)8-18-13/h4-8,14H,3H2,1-2H3,(H,15,16,17). The average Bonchev–Trinajstić information content (AvgIpc) is 2.76. The Bertz CT molecular complexity index is 551. The fraction of sp³-hybridized carbons (Fsp3) is 0.231. The lowest BCUT2D eigenvalue weighted by molar-refractivity contribution is 0.102. The molecule has 0 saturated heterocycles. The lowest BCUT2D eigenvalue weighted by Gasteiger charge is -2.09. The second kappa shape index (κ2) is 5.64. The van der Waals surface area contributed by atoms with Gasteiger partial charge in [-0.25, -0.2) is 4.98 Å². The molecule has 1 aromatic carbocycles. The van der Waals surface area contributed by atoms with Crippen molar-refractivity contribution >= 4 is 28.1 Å². The number of anilines is 2. The SMILES string of the molecule is CCNc1ccccc1C(=O)Nc1nc(C)cs1. The molecule has 4 nitrogen and oxygen atoms in total. The summed E-state index contributed by atoms with van der Waals surface area (Å²) in [4.78, 5) is 16.4. The molecule has 0 saturated carbocycles. The van der Waals surface area contributed by atoms with Gasteiger partial charge in [0, 0.05) is 17.6 Å². The molecular formula is C13H15N3OS. The van der Waals surface area contributed by atoms with Gasteiger partial charge in [0.05, 0.1) is 11.3 Å². The first-order valence-corrected chi connectivity index (χ1v) is 6.65. The average molecular weight is 261 g/mol. The van der Waals surface area contributed by atoms with Crippen LogP contribution in [0.4, 0.5) is 10.8 Å². The molecular weight excluding hydrogens is 246 g/mol. The van der Waals surface area contributed by atoms with Crippen molar-refractivity contribution < 1.29 is 4.79 Å². The summed E-state index contributed by atoms with van der Waals surface area (Å²) in [6.07, 6.45) is 0. The van der Waals surface area contributed by atoms with Gasteiger partial charge in [0.2, 0.25) is 0 Å². The van der Waals surface area contributed by atoms with Gasteiger partial charge in [0.15, 0.2) is 5.13 Å². The topological polar surface area (TPSA) is 54.0 Å². The minimum Gasteiger partial charge on any atom is -0.385 e. The van der Waals surface area contributed by atoms with Crippen LogP contribution in [-0.2, 0) is 0 Å². The summed E-state index contributed by atoms with van der Waals surface area (Å²) < 4.78 is 0. The van der Waals surface area contributed by atoms with Crippen LogP contribution < -0.4 is 10.6 Å². The molecule has 1 aromatic heterocycles. The Morgan fingerprint density at radius 1 is 1.39 bits per heavy atom. The van der Waals surface area contributed by atoms with Crippen molar-refractivity contribution in [3.8, 4) is 0 Å². The predicted octanol–water partition coefficient (Wildman–Crippen LogP) is 3.14. The third kappa shape index (κ3) is 2.87. The third-order valence-corrected chi connectivity index (χ3v) is 3.25. The Labute approximate surface area is 110 Å². The van der Waals surface area contributed by atoms with Crippen LogP contribution in [0.5, 0.6) is 0 Å². The molecule has 5 heteroatoms. The molecule has 0 atom stereocenters. The lowest BCUT2D eigenvalue weighted by Crippen LogP contribution is -2.14. The summed E-state index contributed by atoms with van der Waals surface area (Å²) in [5.41, 5.74) is 2.38. The number of hydrogen-bond acceptors (Lipinski definition) is 4. The van der Waals surface area contributed by atoms with Crippen molar-refractivity contribution in [1.29, 1.82) is 0 Å². The Morgan fingerprint density at radius 3 is 2.83 bits per heavy atom. The van der Waals surface area contributed by atoms with Crippen LogP contribution in [0, 0.1) is 6.92 Å². The summed E-state index contributed by atoms with van der Waals surface area (Å²) in [5, 5.41) is 8.51. The molecule has 0 unspecified atom stereocenters. The molecule has 0 aliphatic rings. The molecule has 0 spiro atoms. The number of nitrogens with one attached hydrogen (secondary N) is 2. The van der Waals surface area contributed by atoms with E-state index in [-0.39, 0.29) is 5.91 Å². The Kier molecular flexibility index (Phi) is 3.94. The molecule has 0 aliphatic heterocycles. The van der Waals surface area contributed by atoms with Crippen LogP contribution in [0.1, 0.15) is 23.0 Å². The van der Waals surface area contributed by atoms with Crippen LogP contribution in [0.3, 0.4) is 0 Å². The fourth-order valence-electron chi connectivity index (χ4n) is 1.60. The number of aromatic nitrogens is 1. The zero-order chi connectivity index (χ0) is 13.0. The number of nitrogens with zero attached hydrogens (tertiary/aromatic N) is 1. The maximum absolute atomic E-state index is 12.1. The van der Waals surface area contributed by atoms with Gasteiger partial charge in [0.25, 0.3) is 5.91 Å². The van der Waals surface area contributed by atoms with Gasteiger partial charge < -0.3 is 5.32 Å². The number of rotatable bonds is 4. The Balaban J connectivity index is 2.18. The number of amides is 1. The lowest BCUT2D eigenvalue weighted by atomic mass is 10.1. The molecule has 2 rings (SSSR count). The van der Waals surface area contributed by atoms with E-state index >= 15 is 0 Å². The normalized spacial score (nSPS) is 10.1. The number of hydrogen-bond donors (Lipinski definition) is 2. The van der Waals surface area contributed by atoms with Crippen molar-refractivity contribution in [2.45, 2.75) is 13.8 Å². The van der Waals surface area contributed by atoms with E-state index in [4.69, 9.17) is 0 Å². The summed E-state index contributed by atoms with van der Waals surface area (Å²) in [5.74, 6) is -0.138. The number of aryl methyl sites for hydroxylation is 1. The summed E-state index contributed by atoms with van der Waals surface area (Å²) in [7, 11) is 0. The Hall–Kier alpha value is -1.88. The van der Waals surface area contributed by atoms with Gasteiger partial charge in [-0.2, -0.15) is 0 Å². The number of benzene rings is 1. The van der Waals surface area contributed by atoms with E-state index < -0.39 is 0 Å². The first-order valence-electron chi connectivity index (χ1n) is 5.77. The van der Waals surface area contributed by atoms with Gasteiger partial charge in [-0.1, -0.05) is 12.1 Å². The van der Waals surface area contributed by atoms with Gasteiger partial charge >= 0.3 is 0 Å². The van der Waals surface area contributed by atoms with E-state index in [0.717, 1.165) is 17.9 Å². The molecule has 1 heterocycles. The van der Waals surface area contributed by atoms with Crippen LogP contribution in [0.25, 0.3) is 0 Å². The monoisotopic (exact) mass is 261 g/mol. The van der Waals surface area contributed by atoms with Crippen molar-refractivity contribution in [2.24, 2.45) is 0 Å². The van der Waals surface area contributed by atoms with Crippen molar-refractivity contribution in [3.63, 3.8) is 0 Å². The minimum absolute atomic E-state index is 0.138. The first kappa shape index (κ1) is 12.6. The molecule has 0 fully saturated rings. The molecule has 2 aromatic rings. The highest BCUT2D eigenvalue weighted by Gasteiger charge is 2.11. The van der Waals surface area contributed by atoms with E-state index in [0.29, 0.717) is 10.7 Å². The van der Waals surface area contributed by atoms with E-state index in [2.05, 4.69) is 15.6 Å². The van der Waals surface area contributed by atoms with Crippen LogP contribution >= 0.6 is 11.3 Å². The molecule has 94 valence electrons. The highest BCUT2D eigenvalue weighted by Crippen LogP contribution is 2.19. The van der Waals surface area contributed by atoms with E-state index in [1.807, 2.05) is 37.4 Å². The number of carbonyl (C=O) groups excluding carboxylic acids is 1. The predicted molar refractivity (Wildman–Crippen MR) is 75.4 cm³/mol. The van der Waals surface area contributed by atoms with Gasteiger partial charge in [-0.3, -0.25) is 10.1 Å². The molecule has 1 amide bonds. The van der Waals surface area contributed by atoms with E-state index in [1.165, 1.54) is 11.3 Å². The zero-order valence-corrected chi connectivity index (χ0v) is 11.2. The minimum atomic E-state index is -0.138. The summed E-state index contributed by atoms with van der Waals surface area (Å²) >= 11 is 1.43. The first-order chi connectivity index (χ1) is 8.70. The highest BCUT2D eigenvalue weighted by atomic mass is 32.1. The number of thiazole rings is 1. The third-order valence-electron chi connectivity index (χ3n) is 2.38. The second-order valence-corrected chi connectivity index (χ2v) is 4.68. The summed E-state index contributed by atoms with van der Waals surface area (Å²) in [6, 6.07) is 7.45. The fourth-order valence-corrected chi connectivity index (χ4v) is 2.28. The van der Waals surface area contributed by atoms with Gasteiger partial charge in [-0.05, 0) is 26.0 Å². The summed E-state index contributed by atoms with van der Waals surface area (Å²) in [6.45, 7) is 4.68. The maximum Gasteiger partial charge on any atom is 0.259 e. The Morgan fingerprint density at radius 2 is 2.17 bits per heavy atom. The quantitative estimate of drug-likeness (QED) is 0.889. The molecule has 0 aliphatic carbocycles. The van der Waals surface area contributed by atoms with Crippen LogP contribution in [0.15, 0.2) is 29.6 Å². The number of para-hydroxylation sites is 1. The van der Waals surface area contributed by atoms with Crippen molar-refractivity contribution in [2.75, 3.05) is 17.2 Å². The smallest absolute Gasteiger partial charge is 0.259 e.